The summed E-state index contributed by atoms with van der Waals surface area (Å²) in [5, 5.41) is 2.23. The second-order valence-electron chi connectivity index (χ2n) is 5.29. The number of benzene rings is 1. The molecule has 1 aliphatic carbocycles. The van der Waals surface area contributed by atoms with E-state index in [0.717, 1.165) is 13.0 Å². The van der Waals surface area contributed by atoms with Crippen molar-refractivity contribution in [2.45, 2.75) is 50.7 Å². The first kappa shape index (κ1) is 11.2. The Morgan fingerprint density at radius 3 is 2.41 bits per heavy atom. The first-order chi connectivity index (χ1) is 8.39. The van der Waals surface area contributed by atoms with Gasteiger partial charge in [-0.25, -0.2) is 0 Å². The molecule has 2 aliphatic rings. The Hall–Kier alpha value is -0.860. The fraction of sp³-hybridized carbons (Fsp3) is 0.600. The molecule has 3 rings (SSSR count). The fourth-order valence-electron chi connectivity index (χ4n) is 2.93. The Morgan fingerprint density at radius 2 is 1.71 bits per heavy atom. The van der Waals surface area contributed by atoms with Gasteiger partial charge in [-0.1, -0.05) is 43.2 Å². The smallest absolute Gasteiger partial charge is 0.165 e. The van der Waals surface area contributed by atoms with E-state index in [1.54, 1.807) is 0 Å². The predicted molar refractivity (Wildman–Crippen MR) is 68.4 cm³/mol. The summed E-state index contributed by atoms with van der Waals surface area (Å²) in [7, 11) is 0. The number of hydrogen-bond acceptors (Lipinski definition) is 2. The van der Waals surface area contributed by atoms with Crippen LogP contribution in [0.4, 0.5) is 0 Å². The van der Waals surface area contributed by atoms with Gasteiger partial charge in [-0.15, -0.1) is 0 Å². The Bertz CT molecular complexity index is 354. The molecule has 1 unspecified atom stereocenters. The standard InChI is InChI=1S/C15H21NO/c1-2-7-12-15(11-6-1)16(17-15)13-10-14-8-4-3-5-9-14/h3-5,8-9H,1-2,6-7,10-13H2. The zero-order valence-corrected chi connectivity index (χ0v) is 10.4. The van der Waals surface area contributed by atoms with Crippen molar-refractivity contribution in [1.82, 2.24) is 5.06 Å². The van der Waals surface area contributed by atoms with E-state index in [9.17, 15) is 0 Å². The molecule has 0 amide bonds. The van der Waals surface area contributed by atoms with Crippen LogP contribution in [0.2, 0.25) is 0 Å². The SMILES string of the molecule is c1ccc(CCN2OC23CCCCCC3)cc1. The lowest BCUT2D eigenvalue weighted by Crippen LogP contribution is -2.19. The second-order valence-corrected chi connectivity index (χ2v) is 5.29. The van der Waals surface area contributed by atoms with E-state index in [-0.39, 0.29) is 5.72 Å². The fourth-order valence-corrected chi connectivity index (χ4v) is 2.93. The highest BCUT2D eigenvalue weighted by molar-refractivity contribution is 5.15. The molecule has 1 spiro atoms. The molecule has 1 heterocycles. The first-order valence-corrected chi connectivity index (χ1v) is 6.90. The third-order valence-corrected chi connectivity index (χ3v) is 4.03. The minimum absolute atomic E-state index is 0.144. The van der Waals surface area contributed by atoms with Crippen LogP contribution >= 0.6 is 0 Å². The molecule has 1 atom stereocenters. The minimum atomic E-state index is 0.144. The molecule has 0 aromatic heterocycles. The van der Waals surface area contributed by atoms with Gasteiger partial charge in [0.15, 0.2) is 5.72 Å². The predicted octanol–water partition coefficient (Wildman–Crippen LogP) is 3.53. The zero-order valence-electron chi connectivity index (χ0n) is 10.4. The molecular formula is C15H21NO. The van der Waals surface area contributed by atoms with Gasteiger partial charge in [0.1, 0.15) is 0 Å². The molecule has 1 aliphatic heterocycles. The third kappa shape index (κ3) is 2.53. The van der Waals surface area contributed by atoms with Crippen LogP contribution in [-0.4, -0.2) is 17.3 Å². The van der Waals surface area contributed by atoms with Crippen LogP contribution in [0.1, 0.15) is 44.1 Å². The Balaban J connectivity index is 1.51. The van der Waals surface area contributed by atoms with Gasteiger partial charge in [-0.05, 0) is 37.7 Å². The average Bonchev–Trinajstić information content (AvgIpc) is 3.12. The van der Waals surface area contributed by atoms with Crippen molar-refractivity contribution >= 4 is 0 Å². The van der Waals surface area contributed by atoms with Crippen molar-refractivity contribution in [1.29, 1.82) is 0 Å². The highest BCUT2D eigenvalue weighted by atomic mass is 16.9. The van der Waals surface area contributed by atoms with Crippen LogP contribution in [0, 0.1) is 0 Å². The molecule has 1 saturated carbocycles. The van der Waals surface area contributed by atoms with Gasteiger partial charge >= 0.3 is 0 Å². The highest BCUT2D eigenvalue weighted by Crippen LogP contribution is 2.45. The van der Waals surface area contributed by atoms with Crippen LogP contribution in [0.15, 0.2) is 30.3 Å². The van der Waals surface area contributed by atoms with Crippen molar-refractivity contribution in [3.8, 4) is 0 Å². The van der Waals surface area contributed by atoms with Crippen LogP contribution in [0.5, 0.6) is 0 Å². The van der Waals surface area contributed by atoms with Gasteiger partial charge in [-0.2, -0.15) is 5.06 Å². The van der Waals surface area contributed by atoms with Gasteiger partial charge in [0.2, 0.25) is 0 Å². The lowest BCUT2D eigenvalue weighted by molar-refractivity contribution is 0.191. The molecule has 2 nitrogen and oxygen atoms in total. The quantitative estimate of drug-likeness (QED) is 0.740. The van der Waals surface area contributed by atoms with Crippen LogP contribution in [0.25, 0.3) is 0 Å². The molecule has 0 radical (unpaired) electrons. The number of rotatable bonds is 3. The molecule has 0 bridgehead atoms. The molecule has 2 fully saturated rings. The Labute approximate surface area is 104 Å². The third-order valence-electron chi connectivity index (χ3n) is 4.03. The summed E-state index contributed by atoms with van der Waals surface area (Å²) >= 11 is 0. The van der Waals surface area contributed by atoms with Crippen molar-refractivity contribution < 1.29 is 4.84 Å². The molecule has 1 aromatic carbocycles. The van der Waals surface area contributed by atoms with E-state index in [2.05, 4.69) is 35.4 Å². The lowest BCUT2D eigenvalue weighted by Gasteiger charge is -2.08. The maximum absolute atomic E-state index is 5.88. The van der Waals surface area contributed by atoms with Gasteiger partial charge in [-0.3, -0.25) is 4.84 Å². The summed E-state index contributed by atoms with van der Waals surface area (Å²) in [6.45, 7) is 1.05. The summed E-state index contributed by atoms with van der Waals surface area (Å²) in [6, 6.07) is 10.7. The van der Waals surface area contributed by atoms with Crippen LogP contribution < -0.4 is 0 Å². The monoisotopic (exact) mass is 231 g/mol. The molecule has 1 aromatic rings. The van der Waals surface area contributed by atoms with E-state index >= 15 is 0 Å². The Morgan fingerprint density at radius 1 is 1.00 bits per heavy atom. The zero-order chi connectivity index (χ0) is 11.6. The molecule has 92 valence electrons. The molecule has 17 heavy (non-hydrogen) atoms. The van der Waals surface area contributed by atoms with E-state index in [1.807, 2.05) is 0 Å². The summed E-state index contributed by atoms with van der Waals surface area (Å²) in [5.74, 6) is 0. The normalized spacial score (nSPS) is 26.7. The van der Waals surface area contributed by atoms with Crippen molar-refractivity contribution in [3.63, 3.8) is 0 Å². The van der Waals surface area contributed by atoms with Gasteiger partial charge in [0.25, 0.3) is 0 Å². The van der Waals surface area contributed by atoms with E-state index in [4.69, 9.17) is 4.84 Å². The molecular weight excluding hydrogens is 210 g/mol. The summed E-state index contributed by atoms with van der Waals surface area (Å²) in [4.78, 5) is 5.88. The lowest BCUT2D eigenvalue weighted by atomic mass is 10.1. The summed E-state index contributed by atoms with van der Waals surface area (Å²) in [5.41, 5.74) is 1.55. The molecule has 1 saturated heterocycles. The van der Waals surface area contributed by atoms with Gasteiger partial charge in [0, 0.05) is 6.54 Å². The van der Waals surface area contributed by atoms with E-state index in [1.165, 1.54) is 44.1 Å². The largest absolute Gasteiger partial charge is 0.272 e. The summed E-state index contributed by atoms with van der Waals surface area (Å²) in [6.07, 6.45) is 9.02. The highest BCUT2D eigenvalue weighted by Gasteiger charge is 2.53. The first-order valence-electron chi connectivity index (χ1n) is 6.90. The molecule has 0 N–H and O–H groups in total. The minimum Gasteiger partial charge on any atom is -0.272 e. The number of hydroxylamine groups is 2. The maximum atomic E-state index is 5.88. The Kier molecular flexibility index (Phi) is 3.17. The average molecular weight is 231 g/mol. The van der Waals surface area contributed by atoms with Crippen molar-refractivity contribution in [2.24, 2.45) is 0 Å². The second kappa shape index (κ2) is 4.79. The van der Waals surface area contributed by atoms with Gasteiger partial charge < -0.3 is 0 Å². The summed E-state index contributed by atoms with van der Waals surface area (Å²) < 4.78 is 0. The van der Waals surface area contributed by atoms with Crippen molar-refractivity contribution in [3.05, 3.63) is 35.9 Å². The van der Waals surface area contributed by atoms with Gasteiger partial charge in [0.05, 0.1) is 0 Å². The van der Waals surface area contributed by atoms with Crippen LogP contribution in [-0.2, 0) is 11.3 Å². The van der Waals surface area contributed by atoms with Crippen molar-refractivity contribution in [2.75, 3.05) is 6.54 Å². The molecule has 2 heteroatoms. The number of hydrogen-bond donors (Lipinski definition) is 0. The topological polar surface area (TPSA) is 15.5 Å². The van der Waals surface area contributed by atoms with E-state index < -0.39 is 0 Å². The van der Waals surface area contributed by atoms with Crippen LogP contribution in [0.3, 0.4) is 0 Å². The van der Waals surface area contributed by atoms with E-state index in [0.29, 0.717) is 0 Å². The maximum Gasteiger partial charge on any atom is 0.165 e. The number of nitrogens with zero attached hydrogens (tertiary/aromatic N) is 1.